The summed E-state index contributed by atoms with van der Waals surface area (Å²) in [5, 5.41) is 0. The Morgan fingerprint density at radius 3 is 2.59 bits per heavy atom. The molecule has 22 heavy (non-hydrogen) atoms. The van der Waals surface area contributed by atoms with E-state index >= 15 is 0 Å². The van der Waals surface area contributed by atoms with Gasteiger partial charge < -0.3 is 14.4 Å². The molecule has 2 rings (SSSR count). The number of ketones is 1. The Morgan fingerprint density at radius 2 is 1.95 bits per heavy atom. The van der Waals surface area contributed by atoms with Gasteiger partial charge in [0.15, 0.2) is 11.4 Å². The summed E-state index contributed by atoms with van der Waals surface area (Å²) in [6.07, 6.45) is 0.0974. The van der Waals surface area contributed by atoms with Crippen molar-refractivity contribution in [2.45, 2.75) is 32.3 Å². The van der Waals surface area contributed by atoms with Crippen LogP contribution in [0.4, 0.5) is 5.69 Å². The molecule has 0 unspecified atom stereocenters. The molecular weight excluding hydrogens is 286 g/mol. The van der Waals surface area contributed by atoms with Gasteiger partial charge in [-0.25, -0.2) is 0 Å². The normalized spacial score (nSPS) is 15.8. The van der Waals surface area contributed by atoms with Gasteiger partial charge in [0.2, 0.25) is 0 Å². The minimum Gasteiger partial charge on any atom is -0.476 e. The highest BCUT2D eigenvalue weighted by Crippen LogP contribution is 2.37. The van der Waals surface area contributed by atoms with E-state index in [1.54, 1.807) is 39.1 Å². The Kier molecular flexibility index (Phi) is 4.21. The van der Waals surface area contributed by atoms with Crippen molar-refractivity contribution in [2.75, 3.05) is 19.1 Å². The van der Waals surface area contributed by atoms with Crippen LogP contribution in [0, 0.1) is 0 Å². The summed E-state index contributed by atoms with van der Waals surface area (Å²) in [5.41, 5.74) is 0.0527. The van der Waals surface area contributed by atoms with E-state index in [4.69, 9.17) is 4.74 Å². The van der Waals surface area contributed by atoms with Crippen molar-refractivity contribution >= 4 is 23.3 Å². The minimum absolute atomic E-state index is 0.0325. The summed E-state index contributed by atoms with van der Waals surface area (Å²) in [7, 11) is 2.93. The fourth-order valence-corrected chi connectivity index (χ4v) is 2.33. The van der Waals surface area contributed by atoms with Crippen LogP contribution in [0.3, 0.4) is 0 Å². The molecule has 0 spiro atoms. The minimum atomic E-state index is -0.932. The molecule has 1 heterocycles. The maximum Gasteiger partial charge on any atom is 0.305 e. The molecule has 0 saturated carbocycles. The number of esters is 1. The number of likely N-dealkylation sites (N-methyl/N-ethyl adjacent to an activating group) is 1. The van der Waals surface area contributed by atoms with Gasteiger partial charge in [0.1, 0.15) is 5.75 Å². The molecule has 0 atom stereocenters. The number of fused-ring (bicyclic) bond motifs is 1. The summed E-state index contributed by atoms with van der Waals surface area (Å²) in [6, 6.07) is 4.92. The fraction of sp³-hybridized carbons (Fsp3) is 0.438. The number of ether oxygens (including phenoxy) is 2. The summed E-state index contributed by atoms with van der Waals surface area (Å²) in [4.78, 5) is 36.9. The Morgan fingerprint density at radius 1 is 1.27 bits per heavy atom. The van der Waals surface area contributed by atoms with Crippen molar-refractivity contribution in [2.24, 2.45) is 0 Å². The zero-order valence-electron chi connectivity index (χ0n) is 13.1. The lowest BCUT2D eigenvalue weighted by molar-refractivity contribution is -0.140. The van der Waals surface area contributed by atoms with Gasteiger partial charge in [0, 0.05) is 19.0 Å². The van der Waals surface area contributed by atoms with Gasteiger partial charge >= 0.3 is 5.97 Å². The number of methoxy groups -OCH3 is 1. The first kappa shape index (κ1) is 16.0. The van der Waals surface area contributed by atoms with Crippen LogP contribution in [0.25, 0.3) is 0 Å². The second-order valence-electron chi connectivity index (χ2n) is 5.66. The highest BCUT2D eigenvalue weighted by molar-refractivity contribution is 6.04. The smallest absolute Gasteiger partial charge is 0.305 e. The number of carbonyl (C=O) groups is 3. The van der Waals surface area contributed by atoms with E-state index in [9.17, 15) is 14.4 Å². The number of hydrogen-bond acceptors (Lipinski definition) is 5. The van der Waals surface area contributed by atoms with E-state index in [1.165, 1.54) is 12.0 Å². The van der Waals surface area contributed by atoms with Gasteiger partial charge in [0.05, 0.1) is 19.2 Å². The molecular formula is C16H19NO5. The predicted molar refractivity (Wildman–Crippen MR) is 80.1 cm³/mol. The van der Waals surface area contributed by atoms with Crippen molar-refractivity contribution in [3.05, 3.63) is 23.8 Å². The van der Waals surface area contributed by atoms with Crippen LogP contribution in [-0.2, 0) is 14.3 Å². The number of rotatable bonds is 4. The van der Waals surface area contributed by atoms with Crippen LogP contribution in [-0.4, -0.2) is 37.4 Å². The van der Waals surface area contributed by atoms with Crippen LogP contribution in [0.15, 0.2) is 18.2 Å². The third-order valence-electron chi connectivity index (χ3n) is 3.61. The lowest BCUT2D eigenvalue weighted by Crippen LogP contribution is -2.50. The Hall–Kier alpha value is -2.37. The Bertz CT molecular complexity index is 635. The zero-order valence-corrected chi connectivity index (χ0v) is 13.1. The molecule has 1 aliphatic heterocycles. The third-order valence-corrected chi connectivity index (χ3v) is 3.61. The van der Waals surface area contributed by atoms with Crippen molar-refractivity contribution in [3.63, 3.8) is 0 Å². The Balaban J connectivity index is 2.23. The summed E-state index contributed by atoms with van der Waals surface area (Å²) >= 11 is 0. The number of anilines is 1. The molecule has 0 fully saturated rings. The van der Waals surface area contributed by atoms with E-state index in [2.05, 4.69) is 4.74 Å². The fourth-order valence-electron chi connectivity index (χ4n) is 2.33. The SMILES string of the molecule is COC(=O)CCC(=O)c1ccc2c(c1)N(C)C(=O)C(C)(C)O2. The maximum atomic E-state index is 12.2. The van der Waals surface area contributed by atoms with E-state index in [1.807, 2.05) is 0 Å². The molecule has 0 N–H and O–H groups in total. The first-order valence-electron chi connectivity index (χ1n) is 6.97. The molecule has 1 amide bonds. The van der Waals surface area contributed by atoms with Crippen LogP contribution < -0.4 is 9.64 Å². The number of Topliss-reactive ketones (excluding diaryl/α,β-unsaturated/α-hetero) is 1. The summed E-state index contributed by atoms with van der Waals surface area (Å²) in [6.45, 7) is 3.40. The van der Waals surface area contributed by atoms with Crippen molar-refractivity contribution < 1.29 is 23.9 Å². The van der Waals surface area contributed by atoms with Gasteiger partial charge in [0.25, 0.3) is 5.91 Å². The average molecular weight is 305 g/mol. The molecule has 118 valence electrons. The highest BCUT2D eigenvalue weighted by Gasteiger charge is 2.39. The van der Waals surface area contributed by atoms with Crippen LogP contribution >= 0.6 is 0 Å². The maximum absolute atomic E-state index is 12.2. The van der Waals surface area contributed by atoms with Crippen molar-refractivity contribution in [3.8, 4) is 5.75 Å². The summed E-state index contributed by atoms with van der Waals surface area (Å²) < 4.78 is 10.2. The molecule has 0 saturated heterocycles. The van der Waals surface area contributed by atoms with Gasteiger partial charge in [-0.05, 0) is 32.0 Å². The molecule has 0 aliphatic carbocycles. The monoisotopic (exact) mass is 305 g/mol. The summed E-state index contributed by atoms with van der Waals surface area (Å²) in [5.74, 6) is -0.238. The van der Waals surface area contributed by atoms with Crippen LogP contribution in [0.2, 0.25) is 0 Å². The topological polar surface area (TPSA) is 72.9 Å². The third kappa shape index (κ3) is 2.95. The number of benzene rings is 1. The molecule has 1 aromatic carbocycles. The van der Waals surface area contributed by atoms with Gasteiger partial charge in [-0.3, -0.25) is 14.4 Å². The van der Waals surface area contributed by atoms with Gasteiger partial charge in [-0.15, -0.1) is 0 Å². The molecule has 6 nitrogen and oxygen atoms in total. The van der Waals surface area contributed by atoms with E-state index in [-0.39, 0.29) is 24.5 Å². The standard InChI is InChI=1S/C16H19NO5/c1-16(2)15(20)17(3)11-9-10(5-7-13(11)22-16)12(18)6-8-14(19)21-4/h5,7,9H,6,8H2,1-4H3. The number of carbonyl (C=O) groups excluding carboxylic acids is 3. The molecule has 1 aromatic rings. The van der Waals surface area contributed by atoms with Gasteiger partial charge in [-0.2, -0.15) is 0 Å². The second kappa shape index (κ2) is 5.79. The number of nitrogens with zero attached hydrogens (tertiary/aromatic N) is 1. The van der Waals surface area contributed by atoms with Gasteiger partial charge in [-0.1, -0.05) is 0 Å². The van der Waals surface area contributed by atoms with Crippen molar-refractivity contribution in [1.29, 1.82) is 0 Å². The predicted octanol–water partition coefficient (Wildman–Crippen LogP) is 1.96. The number of hydrogen-bond donors (Lipinski definition) is 0. The van der Waals surface area contributed by atoms with Crippen molar-refractivity contribution in [1.82, 2.24) is 0 Å². The van der Waals surface area contributed by atoms with Crippen LogP contribution in [0.5, 0.6) is 5.75 Å². The molecule has 0 radical (unpaired) electrons. The van der Waals surface area contributed by atoms with Crippen LogP contribution in [0.1, 0.15) is 37.0 Å². The lowest BCUT2D eigenvalue weighted by atomic mass is 10.0. The number of amides is 1. The first-order valence-corrected chi connectivity index (χ1v) is 6.97. The molecule has 6 heteroatoms. The molecule has 1 aliphatic rings. The van der Waals surface area contributed by atoms with E-state index < -0.39 is 11.6 Å². The molecule has 0 bridgehead atoms. The first-order chi connectivity index (χ1) is 10.3. The quantitative estimate of drug-likeness (QED) is 0.628. The average Bonchev–Trinajstić information content (AvgIpc) is 2.49. The van der Waals surface area contributed by atoms with E-state index in [0.717, 1.165) is 0 Å². The van der Waals surface area contributed by atoms with E-state index in [0.29, 0.717) is 17.0 Å². The highest BCUT2D eigenvalue weighted by atomic mass is 16.5. The largest absolute Gasteiger partial charge is 0.476 e. The molecule has 0 aromatic heterocycles. The second-order valence-corrected chi connectivity index (χ2v) is 5.66. The Labute approximate surface area is 129 Å². The zero-order chi connectivity index (χ0) is 16.5. The lowest BCUT2D eigenvalue weighted by Gasteiger charge is -2.37.